The zero-order valence-corrected chi connectivity index (χ0v) is 16.5. The summed E-state index contributed by atoms with van der Waals surface area (Å²) in [6.07, 6.45) is 4.07. The van der Waals surface area contributed by atoms with Gasteiger partial charge in [-0.25, -0.2) is 9.78 Å². The van der Waals surface area contributed by atoms with Crippen molar-refractivity contribution in [3.05, 3.63) is 40.9 Å². The van der Waals surface area contributed by atoms with E-state index in [4.69, 9.17) is 4.74 Å². The van der Waals surface area contributed by atoms with Gasteiger partial charge in [0.2, 0.25) is 5.91 Å². The van der Waals surface area contributed by atoms with Gasteiger partial charge in [0, 0.05) is 18.0 Å². The number of thiazole rings is 1. The molecule has 1 aromatic heterocycles. The second-order valence-electron chi connectivity index (χ2n) is 6.97. The number of anilines is 2. The van der Waals surface area contributed by atoms with Crippen molar-refractivity contribution < 1.29 is 14.3 Å². The van der Waals surface area contributed by atoms with E-state index < -0.39 is 6.04 Å². The summed E-state index contributed by atoms with van der Waals surface area (Å²) in [5.74, 6) is -0.421. The summed E-state index contributed by atoms with van der Waals surface area (Å²) in [6, 6.07) is 7.49. The number of hydrogen-bond acceptors (Lipinski definition) is 6. The standard InChI is InChI=1S/C20H25N3O3S/c1-13-7-9-16(10-8-13)22-20-23-17(12-27-20)11-26-19(25)18(21-14(2)24)15-5-3-4-6-15/h7-10,12,15,18H,3-6,11H2,1-2H3,(H,21,24)(H,22,23). The molecular weight excluding hydrogens is 362 g/mol. The van der Waals surface area contributed by atoms with Crippen LogP contribution in [0.5, 0.6) is 0 Å². The summed E-state index contributed by atoms with van der Waals surface area (Å²) in [4.78, 5) is 28.4. The number of benzene rings is 1. The monoisotopic (exact) mass is 387 g/mol. The topological polar surface area (TPSA) is 80.3 Å². The lowest BCUT2D eigenvalue weighted by Gasteiger charge is -2.22. The minimum absolute atomic E-state index is 0.105. The van der Waals surface area contributed by atoms with Gasteiger partial charge in [-0.1, -0.05) is 30.5 Å². The van der Waals surface area contributed by atoms with Gasteiger partial charge in [0.05, 0.1) is 5.69 Å². The van der Waals surface area contributed by atoms with Crippen LogP contribution >= 0.6 is 11.3 Å². The summed E-state index contributed by atoms with van der Waals surface area (Å²) >= 11 is 1.46. The van der Waals surface area contributed by atoms with E-state index in [1.807, 2.05) is 36.6 Å². The van der Waals surface area contributed by atoms with Crippen molar-refractivity contribution in [2.24, 2.45) is 5.92 Å². The largest absolute Gasteiger partial charge is 0.458 e. The number of nitrogens with zero attached hydrogens (tertiary/aromatic N) is 1. The van der Waals surface area contributed by atoms with Crippen molar-refractivity contribution in [1.82, 2.24) is 10.3 Å². The quantitative estimate of drug-likeness (QED) is 0.704. The first-order chi connectivity index (χ1) is 13.0. The molecule has 6 nitrogen and oxygen atoms in total. The van der Waals surface area contributed by atoms with Gasteiger partial charge >= 0.3 is 5.97 Å². The zero-order chi connectivity index (χ0) is 19.2. The summed E-state index contributed by atoms with van der Waals surface area (Å²) in [7, 11) is 0. The van der Waals surface area contributed by atoms with Crippen LogP contribution in [0.1, 0.15) is 43.9 Å². The highest BCUT2D eigenvalue weighted by Crippen LogP contribution is 2.28. The van der Waals surface area contributed by atoms with Crippen LogP contribution in [0.2, 0.25) is 0 Å². The smallest absolute Gasteiger partial charge is 0.329 e. The molecule has 0 spiro atoms. The third kappa shape index (κ3) is 5.53. The van der Waals surface area contributed by atoms with E-state index in [1.54, 1.807) is 0 Å². The van der Waals surface area contributed by atoms with E-state index in [2.05, 4.69) is 15.6 Å². The molecule has 2 aromatic rings. The maximum atomic E-state index is 12.5. The van der Waals surface area contributed by atoms with Crippen LogP contribution in [-0.2, 0) is 20.9 Å². The summed E-state index contributed by atoms with van der Waals surface area (Å²) in [5.41, 5.74) is 2.85. The van der Waals surface area contributed by atoms with Crippen LogP contribution in [0.4, 0.5) is 10.8 Å². The molecule has 1 aromatic carbocycles. The Morgan fingerprint density at radius 2 is 1.96 bits per heavy atom. The van der Waals surface area contributed by atoms with Gasteiger partial charge in [-0.15, -0.1) is 11.3 Å². The van der Waals surface area contributed by atoms with Crippen molar-refractivity contribution in [2.45, 2.75) is 52.2 Å². The molecule has 0 radical (unpaired) electrons. The molecule has 144 valence electrons. The molecule has 0 aliphatic heterocycles. The number of carbonyl (C=O) groups excluding carboxylic acids is 2. The Morgan fingerprint density at radius 1 is 1.26 bits per heavy atom. The Labute approximate surface area is 163 Å². The Balaban J connectivity index is 1.55. The van der Waals surface area contributed by atoms with Crippen LogP contribution < -0.4 is 10.6 Å². The SMILES string of the molecule is CC(=O)NC(C(=O)OCc1csc(Nc2ccc(C)cc2)n1)C1CCCC1. The lowest BCUT2D eigenvalue weighted by atomic mass is 9.98. The lowest BCUT2D eigenvalue weighted by Crippen LogP contribution is -2.45. The average molecular weight is 388 g/mol. The third-order valence-corrected chi connectivity index (χ3v) is 5.51. The molecule has 3 rings (SSSR count). The first-order valence-electron chi connectivity index (χ1n) is 9.23. The summed E-state index contributed by atoms with van der Waals surface area (Å²) in [6.45, 7) is 3.58. The molecule has 1 aliphatic carbocycles. The number of hydrogen-bond donors (Lipinski definition) is 2. The number of amides is 1. The first-order valence-corrected chi connectivity index (χ1v) is 10.1. The average Bonchev–Trinajstić information content (AvgIpc) is 3.31. The van der Waals surface area contributed by atoms with Gasteiger partial charge in [-0.05, 0) is 37.8 Å². The van der Waals surface area contributed by atoms with Gasteiger partial charge in [-0.3, -0.25) is 4.79 Å². The molecule has 7 heteroatoms. The molecular formula is C20H25N3O3S. The fourth-order valence-corrected chi connectivity index (χ4v) is 4.02. The molecule has 1 unspecified atom stereocenters. The molecule has 1 atom stereocenters. The first kappa shape index (κ1) is 19.4. The molecule has 1 saturated carbocycles. The van der Waals surface area contributed by atoms with Crippen molar-refractivity contribution in [3.63, 3.8) is 0 Å². The summed E-state index contributed by atoms with van der Waals surface area (Å²) in [5, 5.41) is 8.62. The molecule has 1 heterocycles. The van der Waals surface area contributed by atoms with E-state index in [-0.39, 0.29) is 24.4 Å². The van der Waals surface area contributed by atoms with Crippen LogP contribution in [0, 0.1) is 12.8 Å². The van der Waals surface area contributed by atoms with Crippen molar-refractivity contribution in [2.75, 3.05) is 5.32 Å². The maximum absolute atomic E-state index is 12.5. The number of nitrogens with one attached hydrogen (secondary N) is 2. The minimum atomic E-state index is -0.561. The predicted octanol–water partition coefficient (Wildman–Crippen LogP) is 3.93. The van der Waals surface area contributed by atoms with Gasteiger partial charge in [0.25, 0.3) is 0 Å². The van der Waals surface area contributed by atoms with Gasteiger partial charge in [0.1, 0.15) is 12.6 Å². The van der Waals surface area contributed by atoms with Crippen molar-refractivity contribution >= 4 is 34.0 Å². The molecule has 1 fully saturated rings. The lowest BCUT2D eigenvalue weighted by molar-refractivity contribution is -0.150. The number of aryl methyl sites for hydroxylation is 1. The van der Waals surface area contributed by atoms with Crippen LogP contribution in [0.25, 0.3) is 0 Å². The van der Waals surface area contributed by atoms with E-state index in [0.717, 1.165) is 36.5 Å². The molecule has 1 aliphatic rings. The van der Waals surface area contributed by atoms with Gasteiger partial charge in [0.15, 0.2) is 5.13 Å². The van der Waals surface area contributed by atoms with Crippen LogP contribution in [0.3, 0.4) is 0 Å². The van der Waals surface area contributed by atoms with Crippen LogP contribution in [0.15, 0.2) is 29.6 Å². The zero-order valence-electron chi connectivity index (χ0n) is 15.7. The Bertz CT molecular complexity index is 782. The van der Waals surface area contributed by atoms with E-state index in [0.29, 0.717) is 5.69 Å². The molecule has 27 heavy (non-hydrogen) atoms. The van der Waals surface area contributed by atoms with Gasteiger partial charge < -0.3 is 15.4 Å². The Kier molecular flexibility index (Phi) is 6.45. The van der Waals surface area contributed by atoms with Crippen molar-refractivity contribution in [1.29, 1.82) is 0 Å². The van der Waals surface area contributed by atoms with Crippen molar-refractivity contribution in [3.8, 4) is 0 Å². The number of aromatic nitrogens is 1. The fourth-order valence-electron chi connectivity index (χ4n) is 3.30. The highest BCUT2D eigenvalue weighted by molar-refractivity contribution is 7.13. The maximum Gasteiger partial charge on any atom is 0.329 e. The highest BCUT2D eigenvalue weighted by Gasteiger charge is 2.32. The number of carbonyl (C=O) groups is 2. The molecule has 0 saturated heterocycles. The third-order valence-electron chi connectivity index (χ3n) is 4.70. The molecule has 0 bridgehead atoms. The minimum Gasteiger partial charge on any atom is -0.458 e. The number of rotatable bonds is 7. The van der Waals surface area contributed by atoms with E-state index >= 15 is 0 Å². The molecule has 2 N–H and O–H groups in total. The molecule has 1 amide bonds. The Morgan fingerprint density at radius 3 is 2.63 bits per heavy atom. The second kappa shape index (κ2) is 8.99. The van der Waals surface area contributed by atoms with E-state index in [1.165, 1.54) is 23.8 Å². The van der Waals surface area contributed by atoms with Gasteiger partial charge in [-0.2, -0.15) is 0 Å². The number of esters is 1. The summed E-state index contributed by atoms with van der Waals surface area (Å²) < 4.78 is 5.45. The normalized spacial score (nSPS) is 15.3. The van der Waals surface area contributed by atoms with E-state index in [9.17, 15) is 9.59 Å². The number of ether oxygens (including phenoxy) is 1. The fraction of sp³-hybridized carbons (Fsp3) is 0.450. The Hall–Kier alpha value is -2.41. The second-order valence-corrected chi connectivity index (χ2v) is 7.82. The van der Waals surface area contributed by atoms with Crippen LogP contribution in [-0.4, -0.2) is 22.9 Å². The predicted molar refractivity (Wildman–Crippen MR) is 106 cm³/mol. The highest BCUT2D eigenvalue weighted by atomic mass is 32.1.